The summed E-state index contributed by atoms with van der Waals surface area (Å²) in [5.41, 5.74) is 1.61. The quantitative estimate of drug-likeness (QED) is 0.456. The summed E-state index contributed by atoms with van der Waals surface area (Å²) >= 11 is 0. The molecule has 0 aliphatic rings. The first-order valence-corrected chi connectivity index (χ1v) is 10.00. The number of hydrogen-bond donors (Lipinski definition) is 2. The Balaban J connectivity index is 1.53. The zero-order chi connectivity index (χ0) is 23.0. The van der Waals surface area contributed by atoms with Crippen molar-refractivity contribution in [3.63, 3.8) is 0 Å². The van der Waals surface area contributed by atoms with Crippen LogP contribution in [0.4, 0.5) is 8.78 Å². The predicted molar refractivity (Wildman–Crippen MR) is 113 cm³/mol. The molecule has 3 heterocycles. The number of hydrogen-bond acceptors (Lipinski definition) is 5. The molecule has 3 aromatic heterocycles. The van der Waals surface area contributed by atoms with Crippen molar-refractivity contribution in [1.29, 1.82) is 0 Å². The molecule has 1 aromatic carbocycles. The number of nitrogens with one attached hydrogen (secondary N) is 2. The van der Waals surface area contributed by atoms with E-state index in [9.17, 15) is 18.4 Å². The van der Waals surface area contributed by atoms with Crippen LogP contribution in [0.25, 0.3) is 22.2 Å². The number of carbonyl (C=O) groups excluding carboxylic acids is 1. The average Bonchev–Trinajstić information content (AvgIpc) is 3.33. The summed E-state index contributed by atoms with van der Waals surface area (Å²) in [6.45, 7) is 4.24. The number of fused-ring (bicyclic) bond motifs is 2. The molecule has 0 saturated heterocycles. The van der Waals surface area contributed by atoms with E-state index < -0.39 is 17.9 Å². The third kappa shape index (κ3) is 4.18. The van der Waals surface area contributed by atoms with Crippen LogP contribution in [0.2, 0.25) is 0 Å². The summed E-state index contributed by atoms with van der Waals surface area (Å²) in [6, 6.07) is 8.24. The van der Waals surface area contributed by atoms with Crippen LogP contribution in [0.5, 0.6) is 5.75 Å². The Kier molecular flexibility index (Phi) is 5.41. The van der Waals surface area contributed by atoms with Crippen molar-refractivity contribution in [3.05, 3.63) is 53.2 Å². The monoisotopic (exact) mass is 444 g/mol. The molecule has 0 aliphatic carbocycles. The summed E-state index contributed by atoms with van der Waals surface area (Å²) in [5.74, 6) is -4.37. The second-order valence-corrected chi connectivity index (χ2v) is 7.94. The van der Waals surface area contributed by atoms with Crippen molar-refractivity contribution >= 4 is 22.5 Å². The van der Waals surface area contributed by atoms with Gasteiger partial charge in [0.1, 0.15) is 12.4 Å². The van der Waals surface area contributed by atoms with E-state index in [1.165, 1.54) is 4.40 Å². The lowest BCUT2D eigenvalue weighted by molar-refractivity contribution is -0.144. The standard InChI is InChI=1S/C21H22F2N6O3/c1-12(2)16(25-19(30)21(3,22)23)11-32-15-5-6-17-13(8-15)9-24-29(17)14-4-7-18-26-27-20(31)28(18)10-14/h4-10,12,16H,11H2,1-3H3,(H,25,30)(H,27,31). The first-order valence-electron chi connectivity index (χ1n) is 10.00. The maximum absolute atomic E-state index is 13.2. The Bertz CT molecular complexity index is 1330. The van der Waals surface area contributed by atoms with Gasteiger partial charge in [-0.3, -0.25) is 4.79 Å². The van der Waals surface area contributed by atoms with Gasteiger partial charge >= 0.3 is 11.6 Å². The lowest BCUT2D eigenvalue weighted by Crippen LogP contribution is -2.48. The molecule has 9 nitrogen and oxygen atoms in total. The Morgan fingerprint density at radius 1 is 1.28 bits per heavy atom. The first-order chi connectivity index (χ1) is 15.1. The summed E-state index contributed by atoms with van der Waals surface area (Å²) in [6.07, 6.45) is 3.29. The third-order valence-electron chi connectivity index (χ3n) is 5.13. The van der Waals surface area contributed by atoms with Gasteiger partial charge in [-0.15, -0.1) is 0 Å². The molecule has 1 atom stereocenters. The van der Waals surface area contributed by atoms with E-state index in [0.29, 0.717) is 24.0 Å². The normalized spacial score (nSPS) is 13.1. The summed E-state index contributed by atoms with van der Waals surface area (Å²) in [7, 11) is 0. The highest BCUT2D eigenvalue weighted by Gasteiger charge is 2.34. The number of amides is 1. The molecule has 168 valence electrons. The van der Waals surface area contributed by atoms with Gasteiger partial charge in [0.05, 0.1) is 23.4 Å². The molecule has 4 rings (SSSR count). The summed E-state index contributed by atoms with van der Waals surface area (Å²) in [4.78, 5) is 23.5. The molecule has 32 heavy (non-hydrogen) atoms. The highest BCUT2D eigenvalue weighted by Crippen LogP contribution is 2.24. The Morgan fingerprint density at radius 3 is 2.78 bits per heavy atom. The van der Waals surface area contributed by atoms with Gasteiger partial charge in [0.15, 0.2) is 5.65 Å². The molecule has 0 radical (unpaired) electrons. The van der Waals surface area contributed by atoms with Crippen LogP contribution in [0.15, 0.2) is 47.5 Å². The van der Waals surface area contributed by atoms with Crippen LogP contribution >= 0.6 is 0 Å². The number of alkyl halides is 2. The van der Waals surface area contributed by atoms with E-state index in [1.54, 1.807) is 41.3 Å². The highest BCUT2D eigenvalue weighted by atomic mass is 19.3. The van der Waals surface area contributed by atoms with E-state index in [1.807, 2.05) is 19.9 Å². The summed E-state index contributed by atoms with van der Waals surface area (Å²) < 4.78 is 35.3. The zero-order valence-electron chi connectivity index (χ0n) is 17.7. The number of H-pyrrole nitrogens is 1. The van der Waals surface area contributed by atoms with Gasteiger partial charge in [-0.25, -0.2) is 19.0 Å². The van der Waals surface area contributed by atoms with Crippen molar-refractivity contribution in [3.8, 4) is 11.4 Å². The van der Waals surface area contributed by atoms with E-state index in [4.69, 9.17) is 4.74 Å². The van der Waals surface area contributed by atoms with Crippen molar-refractivity contribution < 1.29 is 18.3 Å². The molecule has 0 fully saturated rings. The Morgan fingerprint density at radius 2 is 2.06 bits per heavy atom. The number of halogens is 2. The van der Waals surface area contributed by atoms with Crippen molar-refractivity contribution in [2.75, 3.05) is 6.61 Å². The van der Waals surface area contributed by atoms with Crippen molar-refractivity contribution in [2.24, 2.45) is 5.92 Å². The highest BCUT2D eigenvalue weighted by molar-refractivity contribution is 5.83. The van der Waals surface area contributed by atoms with Crippen LogP contribution in [0, 0.1) is 5.92 Å². The zero-order valence-corrected chi connectivity index (χ0v) is 17.7. The van der Waals surface area contributed by atoms with Gasteiger partial charge in [-0.2, -0.15) is 19.0 Å². The maximum atomic E-state index is 13.2. The molecule has 4 aromatic rings. The van der Waals surface area contributed by atoms with Crippen molar-refractivity contribution in [2.45, 2.75) is 32.7 Å². The Labute approximate surface area is 181 Å². The topological polar surface area (TPSA) is 106 Å². The molecular formula is C21H22F2N6O3. The van der Waals surface area contributed by atoms with Crippen LogP contribution in [-0.2, 0) is 4.79 Å². The predicted octanol–water partition coefficient (Wildman–Crippen LogP) is 2.54. The van der Waals surface area contributed by atoms with Gasteiger partial charge in [0.25, 0.3) is 5.91 Å². The number of aromatic nitrogens is 5. The van der Waals surface area contributed by atoms with Gasteiger partial charge in [-0.1, -0.05) is 13.8 Å². The smallest absolute Gasteiger partial charge is 0.347 e. The first kappa shape index (κ1) is 21.5. The van der Waals surface area contributed by atoms with E-state index in [-0.39, 0.29) is 18.2 Å². The number of ether oxygens (including phenoxy) is 1. The molecule has 2 N–H and O–H groups in total. The minimum Gasteiger partial charge on any atom is -0.491 e. The van der Waals surface area contributed by atoms with Crippen LogP contribution < -0.4 is 15.7 Å². The SMILES string of the molecule is CC(C)C(COc1ccc2c(cnn2-c2ccc3n[nH]c(=O)n3c2)c1)NC(=O)C(C)(F)F. The minimum absolute atomic E-state index is 0.0409. The summed E-state index contributed by atoms with van der Waals surface area (Å²) in [5, 5.41) is 13.8. The fraction of sp³-hybridized carbons (Fsp3) is 0.333. The second kappa shape index (κ2) is 8.06. The Hall–Kier alpha value is -3.76. The average molecular weight is 444 g/mol. The number of rotatable bonds is 7. The van der Waals surface area contributed by atoms with Crippen LogP contribution in [0.1, 0.15) is 20.8 Å². The fourth-order valence-corrected chi connectivity index (χ4v) is 3.21. The lowest BCUT2D eigenvalue weighted by Gasteiger charge is -2.24. The molecule has 0 aliphatic heterocycles. The van der Waals surface area contributed by atoms with Gasteiger partial charge in [0, 0.05) is 18.5 Å². The number of nitrogens with zero attached hydrogens (tertiary/aromatic N) is 4. The van der Waals surface area contributed by atoms with Crippen molar-refractivity contribution in [1.82, 2.24) is 29.7 Å². The lowest BCUT2D eigenvalue weighted by atomic mass is 10.1. The number of pyridine rings is 1. The molecule has 0 saturated carbocycles. The number of carbonyl (C=O) groups is 1. The van der Waals surface area contributed by atoms with E-state index in [0.717, 1.165) is 10.9 Å². The maximum Gasteiger partial charge on any atom is 0.347 e. The number of aromatic amines is 1. The van der Waals surface area contributed by atoms with Crippen LogP contribution in [-0.4, -0.2) is 48.9 Å². The molecule has 1 unspecified atom stereocenters. The molecule has 11 heteroatoms. The van der Waals surface area contributed by atoms with Gasteiger partial charge in [-0.05, 0) is 36.2 Å². The van der Waals surface area contributed by atoms with Gasteiger partial charge in [0.2, 0.25) is 0 Å². The molecular weight excluding hydrogens is 422 g/mol. The third-order valence-corrected chi connectivity index (χ3v) is 5.13. The molecule has 0 spiro atoms. The number of benzene rings is 1. The largest absolute Gasteiger partial charge is 0.491 e. The second-order valence-electron chi connectivity index (χ2n) is 7.94. The van der Waals surface area contributed by atoms with Crippen LogP contribution in [0.3, 0.4) is 0 Å². The fourth-order valence-electron chi connectivity index (χ4n) is 3.21. The van der Waals surface area contributed by atoms with Gasteiger partial charge < -0.3 is 10.1 Å². The van der Waals surface area contributed by atoms with E-state index in [2.05, 4.69) is 20.6 Å². The molecule has 0 bridgehead atoms. The molecule has 1 amide bonds. The minimum atomic E-state index is -3.45. The van der Waals surface area contributed by atoms with E-state index >= 15 is 0 Å².